The predicted molar refractivity (Wildman–Crippen MR) is 35.7 cm³/mol. The summed E-state index contributed by atoms with van der Waals surface area (Å²) in [6.45, 7) is 0. The molecule has 0 bridgehead atoms. The highest BCUT2D eigenvalue weighted by molar-refractivity contribution is 5.85. The maximum atomic E-state index is 12.4. The second kappa shape index (κ2) is 2.30. The molecule has 64 valence electrons. The Hall–Kier alpha value is -1.39. The average Bonchev–Trinajstić information content (AvgIpc) is 2.59. The summed E-state index contributed by atoms with van der Waals surface area (Å²) in [6.07, 6.45) is -0.478. The van der Waals surface area contributed by atoms with E-state index >= 15 is 0 Å². The van der Waals surface area contributed by atoms with Crippen LogP contribution in [0, 0.1) is 0 Å². The van der Waals surface area contributed by atoms with Crippen LogP contribution in [-0.2, 0) is 0 Å². The minimum absolute atomic E-state index is 0.163. The Balaban J connectivity index is 2.19. The van der Waals surface area contributed by atoms with Crippen molar-refractivity contribution in [3.05, 3.63) is 17.5 Å². The van der Waals surface area contributed by atoms with Crippen LogP contribution in [0.15, 0.2) is 10.6 Å². The molecule has 1 heterocycles. The number of carboxylic acids is 1. The van der Waals surface area contributed by atoms with E-state index in [1.54, 1.807) is 0 Å². The van der Waals surface area contributed by atoms with Gasteiger partial charge in [0.2, 0.25) is 0 Å². The monoisotopic (exact) mass is 171 g/mol. The van der Waals surface area contributed by atoms with Crippen molar-refractivity contribution in [1.82, 2.24) is 5.16 Å². The van der Waals surface area contributed by atoms with Gasteiger partial charge in [0.15, 0.2) is 5.69 Å². The van der Waals surface area contributed by atoms with Crippen LogP contribution < -0.4 is 0 Å². The van der Waals surface area contributed by atoms with Crippen LogP contribution in [0.25, 0.3) is 0 Å². The third kappa shape index (κ3) is 1.07. The van der Waals surface area contributed by atoms with Crippen LogP contribution in [0.5, 0.6) is 0 Å². The zero-order valence-corrected chi connectivity index (χ0v) is 6.03. The number of halogens is 1. The van der Waals surface area contributed by atoms with E-state index in [0.29, 0.717) is 12.2 Å². The third-order valence-electron chi connectivity index (χ3n) is 1.83. The molecule has 2 rings (SSSR count). The number of hydrogen-bond acceptors (Lipinski definition) is 3. The van der Waals surface area contributed by atoms with Crippen LogP contribution >= 0.6 is 0 Å². The minimum atomic E-state index is -1.15. The summed E-state index contributed by atoms with van der Waals surface area (Å²) in [5.74, 6) is -1.09. The Kier molecular flexibility index (Phi) is 1.39. The van der Waals surface area contributed by atoms with Crippen molar-refractivity contribution < 1.29 is 18.8 Å². The molecule has 5 heteroatoms. The predicted octanol–water partition coefficient (Wildman–Crippen LogP) is 1.20. The summed E-state index contributed by atoms with van der Waals surface area (Å²) in [4.78, 5) is 10.3. The van der Waals surface area contributed by atoms with Crippen molar-refractivity contribution in [2.75, 3.05) is 0 Å². The van der Waals surface area contributed by atoms with E-state index in [0.717, 1.165) is 0 Å². The summed E-state index contributed by atoms with van der Waals surface area (Å²) in [6, 6.07) is 1.27. The molecule has 12 heavy (non-hydrogen) atoms. The molecule has 1 aromatic heterocycles. The lowest BCUT2D eigenvalue weighted by molar-refractivity contribution is 0.0685. The molecule has 2 unspecified atom stereocenters. The van der Waals surface area contributed by atoms with E-state index in [-0.39, 0.29) is 11.6 Å². The molecular weight excluding hydrogens is 165 g/mol. The SMILES string of the molecule is O=C(O)c1cc(C2CC2F)on1. The Labute approximate surface area is 67.0 Å². The summed E-state index contributed by atoms with van der Waals surface area (Å²) in [5.41, 5.74) is -0.163. The van der Waals surface area contributed by atoms with Gasteiger partial charge in [-0.15, -0.1) is 0 Å². The van der Waals surface area contributed by atoms with Gasteiger partial charge in [-0.25, -0.2) is 9.18 Å². The van der Waals surface area contributed by atoms with Gasteiger partial charge in [0.1, 0.15) is 11.9 Å². The quantitative estimate of drug-likeness (QED) is 0.726. The molecular formula is C7H6FNO3. The van der Waals surface area contributed by atoms with Crippen molar-refractivity contribution in [3.63, 3.8) is 0 Å². The lowest BCUT2D eigenvalue weighted by atomic mass is 10.3. The van der Waals surface area contributed by atoms with Gasteiger partial charge in [0.05, 0.1) is 5.92 Å². The van der Waals surface area contributed by atoms with Crippen LogP contribution in [0.3, 0.4) is 0 Å². The second-order valence-electron chi connectivity index (χ2n) is 2.78. The smallest absolute Gasteiger partial charge is 0.358 e. The van der Waals surface area contributed by atoms with Gasteiger partial charge < -0.3 is 9.63 Å². The summed E-state index contributed by atoms with van der Waals surface area (Å²) < 4.78 is 17.1. The van der Waals surface area contributed by atoms with Crippen molar-refractivity contribution in [2.24, 2.45) is 0 Å². The van der Waals surface area contributed by atoms with Gasteiger partial charge in [0, 0.05) is 6.07 Å². The highest BCUT2D eigenvalue weighted by Crippen LogP contribution is 2.43. The van der Waals surface area contributed by atoms with E-state index < -0.39 is 12.1 Å². The molecule has 1 N–H and O–H groups in total. The van der Waals surface area contributed by atoms with Crippen LogP contribution in [0.1, 0.15) is 28.6 Å². The van der Waals surface area contributed by atoms with Crippen molar-refractivity contribution in [2.45, 2.75) is 18.5 Å². The Morgan fingerprint density at radius 2 is 2.50 bits per heavy atom. The molecule has 0 saturated heterocycles. The topological polar surface area (TPSA) is 63.3 Å². The van der Waals surface area contributed by atoms with Crippen LogP contribution in [0.2, 0.25) is 0 Å². The summed E-state index contributed by atoms with van der Waals surface area (Å²) in [5, 5.41) is 11.7. The number of rotatable bonds is 2. The molecule has 1 aliphatic carbocycles. The molecule has 0 aromatic carbocycles. The first-order valence-electron chi connectivity index (χ1n) is 3.52. The van der Waals surface area contributed by atoms with Gasteiger partial charge >= 0.3 is 5.97 Å². The van der Waals surface area contributed by atoms with Gasteiger partial charge in [-0.2, -0.15) is 0 Å². The summed E-state index contributed by atoms with van der Waals surface area (Å²) in [7, 11) is 0. The number of aromatic nitrogens is 1. The van der Waals surface area contributed by atoms with Crippen molar-refractivity contribution in [3.8, 4) is 0 Å². The molecule has 1 saturated carbocycles. The zero-order chi connectivity index (χ0) is 8.72. The number of carbonyl (C=O) groups is 1. The van der Waals surface area contributed by atoms with Crippen LogP contribution in [0.4, 0.5) is 4.39 Å². The van der Waals surface area contributed by atoms with Gasteiger partial charge in [-0.3, -0.25) is 0 Å². The number of aromatic carboxylic acids is 1. The normalized spacial score (nSPS) is 27.1. The van der Waals surface area contributed by atoms with E-state index in [1.807, 2.05) is 0 Å². The van der Waals surface area contributed by atoms with Crippen LogP contribution in [-0.4, -0.2) is 22.4 Å². The second-order valence-corrected chi connectivity index (χ2v) is 2.78. The molecule has 1 aromatic rings. The summed E-state index contributed by atoms with van der Waals surface area (Å²) >= 11 is 0. The molecule has 0 radical (unpaired) electrons. The Morgan fingerprint density at radius 1 is 1.83 bits per heavy atom. The standard InChI is InChI=1S/C7H6FNO3/c8-4-1-3(4)6-2-5(7(10)11)9-12-6/h2-4H,1H2,(H,10,11). The van der Waals surface area contributed by atoms with E-state index in [2.05, 4.69) is 9.68 Å². The molecule has 0 spiro atoms. The highest BCUT2D eigenvalue weighted by Gasteiger charge is 2.42. The highest BCUT2D eigenvalue weighted by atomic mass is 19.1. The van der Waals surface area contributed by atoms with Gasteiger partial charge in [-0.05, 0) is 6.42 Å². The van der Waals surface area contributed by atoms with Crippen molar-refractivity contribution >= 4 is 5.97 Å². The van der Waals surface area contributed by atoms with Crippen molar-refractivity contribution in [1.29, 1.82) is 0 Å². The van der Waals surface area contributed by atoms with E-state index in [1.165, 1.54) is 6.07 Å². The molecule has 0 aliphatic heterocycles. The minimum Gasteiger partial charge on any atom is -0.476 e. The number of alkyl halides is 1. The fraction of sp³-hybridized carbons (Fsp3) is 0.429. The maximum absolute atomic E-state index is 12.4. The number of hydrogen-bond donors (Lipinski definition) is 1. The number of carboxylic acid groups (broad SMARTS) is 1. The fourth-order valence-electron chi connectivity index (χ4n) is 1.02. The average molecular weight is 171 g/mol. The molecule has 1 aliphatic rings. The zero-order valence-electron chi connectivity index (χ0n) is 6.03. The molecule has 1 fully saturated rings. The maximum Gasteiger partial charge on any atom is 0.358 e. The first-order valence-corrected chi connectivity index (χ1v) is 3.52. The Bertz CT molecular complexity index is 322. The molecule has 0 amide bonds. The van der Waals surface area contributed by atoms with E-state index in [9.17, 15) is 9.18 Å². The lowest BCUT2D eigenvalue weighted by Gasteiger charge is -1.82. The fourth-order valence-corrected chi connectivity index (χ4v) is 1.02. The largest absolute Gasteiger partial charge is 0.476 e. The molecule has 2 atom stereocenters. The lowest BCUT2D eigenvalue weighted by Crippen LogP contribution is -1.94. The Morgan fingerprint density at radius 3 is 2.92 bits per heavy atom. The first kappa shape index (κ1) is 7.27. The van der Waals surface area contributed by atoms with Gasteiger partial charge in [-0.1, -0.05) is 5.16 Å². The van der Waals surface area contributed by atoms with Gasteiger partial charge in [0.25, 0.3) is 0 Å². The van der Waals surface area contributed by atoms with E-state index in [4.69, 9.17) is 5.11 Å². The first-order chi connectivity index (χ1) is 5.68. The number of nitrogens with zero attached hydrogens (tertiary/aromatic N) is 1. The molecule has 4 nitrogen and oxygen atoms in total. The third-order valence-corrected chi connectivity index (χ3v) is 1.83.